The molecule has 34 heavy (non-hydrogen) atoms. The molecular weight excluding hydrogens is 439 g/mol. The molecular formula is C24H35FN6O3. The van der Waals surface area contributed by atoms with E-state index in [-0.39, 0.29) is 25.7 Å². The molecule has 0 aromatic carbocycles. The summed E-state index contributed by atoms with van der Waals surface area (Å²) in [6.45, 7) is 7.32. The molecule has 0 saturated carbocycles. The molecule has 10 heteroatoms. The maximum atomic E-state index is 14.1. The Bertz CT molecular complexity index is 1010. The molecule has 1 amide bonds. The van der Waals surface area contributed by atoms with Crippen molar-refractivity contribution >= 4 is 17.6 Å². The minimum absolute atomic E-state index is 0.182. The second kappa shape index (κ2) is 9.65. The number of anilines is 1. The maximum absolute atomic E-state index is 14.1. The second-order valence-electron chi connectivity index (χ2n) is 10.2. The average molecular weight is 475 g/mol. The van der Waals surface area contributed by atoms with Gasteiger partial charge in [0.2, 0.25) is 0 Å². The Morgan fingerprint density at radius 3 is 2.68 bits per heavy atom. The number of nitrogens with one attached hydrogen (secondary N) is 2. The summed E-state index contributed by atoms with van der Waals surface area (Å²) in [4.78, 5) is 19.1. The van der Waals surface area contributed by atoms with Crippen LogP contribution in [0.4, 0.5) is 15.0 Å². The zero-order chi connectivity index (χ0) is 23.7. The standard InChI is InChI=1S/C24H35FN6O3/c1-16(2)19-12-27-31-21(11-20(29-22(19)31)17-5-9-33-10-6-17)28-18-3-7-30(8-4-18)23(32)34-15-24(25)13-26-14-24/h11-12,16-18,26,28H,3-10,13-15H2,1-2H3. The molecule has 3 fully saturated rings. The third kappa shape index (κ3) is 4.84. The number of nitrogens with zero attached hydrogens (tertiary/aromatic N) is 4. The van der Waals surface area contributed by atoms with Crippen LogP contribution in [0.15, 0.2) is 12.3 Å². The number of halogens is 1. The number of carbonyl (C=O) groups excluding carboxylic acids is 1. The van der Waals surface area contributed by atoms with Crippen LogP contribution in [0, 0.1) is 0 Å². The molecule has 3 aliphatic heterocycles. The lowest BCUT2D eigenvalue weighted by molar-refractivity contribution is -0.00162. The van der Waals surface area contributed by atoms with Gasteiger partial charge in [0, 0.05) is 68.7 Å². The van der Waals surface area contributed by atoms with Crippen LogP contribution in [-0.4, -0.2) is 83.3 Å². The van der Waals surface area contributed by atoms with Gasteiger partial charge in [0.25, 0.3) is 0 Å². The van der Waals surface area contributed by atoms with Crippen LogP contribution in [-0.2, 0) is 9.47 Å². The van der Waals surface area contributed by atoms with E-state index in [0.717, 1.165) is 61.6 Å². The first-order valence-corrected chi connectivity index (χ1v) is 12.5. The fourth-order valence-corrected chi connectivity index (χ4v) is 4.91. The SMILES string of the molecule is CC(C)c1cnn2c(NC3CCN(C(=O)OCC4(F)CNC4)CC3)cc(C3CCOCC3)nc12. The van der Waals surface area contributed by atoms with Crippen molar-refractivity contribution in [3.05, 3.63) is 23.5 Å². The minimum Gasteiger partial charge on any atom is -0.446 e. The van der Waals surface area contributed by atoms with E-state index in [1.54, 1.807) is 4.90 Å². The number of hydrogen-bond donors (Lipinski definition) is 2. The number of fused-ring (bicyclic) bond motifs is 1. The number of likely N-dealkylation sites (tertiary alicyclic amines) is 1. The summed E-state index contributed by atoms with van der Waals surface area (Å²) < 4.78 is 26.8. The highest BCUT2D eigenvalue weighted by Crippen LogP contribution is 2.31. The lowest BCUT2D eigenvalue weighted by atomic mass is 9.96. The Hall–Kier alpha value is -2.46. The van der Waals surface area contributed by atoms with Crippen LogP contribution in [0.5, 0.6) is 0 Å². The number of piperidine rings is 1. The van der Waals surface area contributed by atoms with Crippen LogP contribution < -0.4 is 10.6 Å². The van der Waals surface area contributed by atoms with Gasteiger partial charge in [0.1, 0.15) is 12.4 Å². The van der Waals surface area contributed by atoms with E-state index in [0.29, 0.717) is 24.9 Å². The number of rotatable bonds is 6. The highest BCUT2D eigenvalue weighted by atomic mass is 19.1. The van der Waals surface area contributed by atoms with Gasteiger partial charge in [-0.2, -0.15) is 9.61 Å². The maximum Gasteiger partial charge on any atom is 0.409 e. The summed E-state index contributed by atoms with van der Waals surface area (Å²) in [5.41, 5.74) is 1.73. The number of amides is 1. The van der Waals surface area contributed by atoms with Crippen molar-refractivity contribution in [2.24, 2.45) is 0 Å². The number of ether oxygens (including phenoxy) is 2. The molecule has 5 heterocycles. The highest BCUT2D eigenvalue weighted by molar-refractivity contribution is 5.68. The monoisotopic (exact) mass is 474 g/mol. The highest BCUT2D eigenvalue weighted by Gasteiger charge is 2.39. The molecule has 0 atom stereocenters. The summed E-state index contributed by atoms with van der Waals surface area (Å²) in [7, 11) is 0. The number of hydrogen-bond acceptors (Lipinski definition) is 7. The van der Waals surface area contributed by atoms with Gasteiger partial charge < -0.3 is 25.0 Å². The van der Waals surface area contributed by atoms with Gasteiger partial charge in [-0.15, -0.1) is 0 Å². The fraction of sp³-hybridized carbons (Fsp3) is 0.708. The molecule has 0 unspecified atom stereocenters. The van der Waals surface area contributed by atoms with Crippen LogP contribution in [0.2, 0.25) is 0 Å². The van der Waals surface area contributed by atoms with Gasteiger partial charge >= 0.3 is 6.09 Å². The Labute approximate surface area is 199 Å². The van der Waals surface area contributed by atoms with Crippen molar-refractivity contribution in [3.63, 3.8) is 0 Å². The van der Waals surface area contributed by atoms with Gasteiger partial charge in [0.15, 0.2) is 11.3 Å². The lowest BCUT2D eigenvalue weighted by Crippen LogP contribution is -2.59. The third-order valence-corrected chi connectivity index (χ3v) is 7.22. The Morgan fingerprint density at radius 2 is 2.03 bits per heavy atom. The summed E-state index contributed by atoms with van der Waals surface area (Å²) >= 11 is 0. The zero-order valence-electron chi connectivity index (χ0n) is 20.1. The Balaban J connectivity index is 1.26. The molecule has 2 aromatic rings. The van der Waals surface area contributed by atoms with Crippen molar-refractivity contribution in [1.29, 1.82) is 0 Å². The first-order valence-electron chi connectivity index (χ1n) is 12.5. The molecule has 186 valence electrons. The summed E-state index contributed by atoms with van der Waals surface area (Å²) in [6.07, 6.45) is 5.01. The minimum atomic E-state index is -1.41. The van der Waals surface area contributed by atoms with E-state index < -0.39 is 11.8 Å². The van der Waals surface area contributed by atoms with Crippen molar-refractivity contribution in [1.82, 2.24) is 24.8 Å². The topological polar surface area (TPSA) is 93.0 Å². The van der Waals surface area contributed by atoms with Crippen molar-refractivity contribution in [2.75, 3.05) is 51.3 Å². The van der Waals surface area contributed by atoms with Gasteiger partial charge in [-0.25, -0.2) is 14.2 Å². The number of alkyl halides is 1. The average Bonchev–Trinajstić information content (AvgIpc) is 3.27. The predicted octanol–water partition coefficient (Wildman–Crippen LogP) is 3.07. The van der Waals surface area contributed by atoms with Crippen LogP contribution in [0.25, 0.3) is 5.65 Å². The van der Waals surface area contributed by atoms with Crippen molar-refractivity contribution in [3.8, 4) is 0 Å². The molecule has 2 aromatic heterocycles. The first kappa shape index (κ1) is 23.3. The van der Waals surface area contributed by atoms with E-state index in [9.17, 15) is 9.18 Å². The number of aromatic nitrogens is 3. The molecule has 9 nitrogen and oxygen atoms in total. The second-order valence-corrected chi connectivity index (χ2v) is 10.2. The van der Waals surface area contributed by atoms with E-state index in [1.807, 2.05) is 10.7 Å². The molecule has 3 aliphatic rings. The van der Waals surface area contributed by atoms with Gasteiger partial charge in [0.05, 0.1) is 6.20 Å². The molecule has 0 radical (unpaired) electrons. The summed E-state index contributed by atoms with van der Waals surface area (Å²) in [5, 5.41) is 11.2. The van der Waals surface area contributed by atoms with Crippen LogP contribution >= 0.6 is 0 Å². The van der Waals surface area contributed by atoms with Crippen molar-refractivity contribution in [2.45, 2.75) is 63.1 Å². The van der Waals surface area contributed by atoms with E-state index in [4.69, 9.17) is 14.5 Å². The normalized spacial score (nSPS) is 21.6. The quantitative estimate of drug-likeness (QED) is 0.665. The summed E-state index contributed by atoms with van der Waals surface area (Å²) in [5.74, 6) is 1.66. The van der Waals surface area contributed by atoms with Gasteiger partial charge in [-0.3, -0.25) is 0 Å². The lowest BCUT2D eigenvalue weighted by Gasteiger charge is -2.36. The molecule has 3 saturated heterocycles. The Kier molecular flexibility index (Phi) is 6.61. The first-order chi connectivity index (χ1) is 16.4. The molecule has 0 spiro atoms. The van der Waals surface area contributed by atoms with Gasteiger partial charge in [-0.05, 0) is 31.6 Å². The largest absolute Gasteiger partial charge is 0.446 e. The fourth-order valence-electron chi connectivity index (χ4n) is 4.91. The third-order valence-electron chi connectivity index (χ3n) is 7.22. The Morgan fingerprint density at radius 1 is 1.29 bits per heavy atom. The number of carbonyl (C=O) groups is 1. The predicted molar refractivity (Wildman–Crippen MR) is 126 cm³/mol. The van der Waals surface area contributed by atoms with E-state index in [2.05, 4.69) is 35.6 Å². The summed E-state index contributed by atoms with van der Waals surface area (Å²) in [6, 6.07) is 2.33. The molecule has 2 N–H and O–H groups in total. The van der Waals surface area contributed by atoms with E-state index >= 15 is 0 Å². The van der Waals surface area contributed by atoms with Crippen LogP contribution in [0.1, 0.15) is 62.6 Å². The van der Waals surface area contributed by atoms with Crippen molar-refractivity contribution < 1.29 is 18.7 Å². The molecule has 0 aliphatic carbocycles. The smallest absolute Gasteiger partial charge is 0.409 e. The van der Waals surface area contributed by atoms with Crippen LogP contribution in [0.3, 0.4) is 0 Å². The zero-order valence-corrected chi connectivity index (χ0v) is 20.1. The molecule has 0 bridgehead atoms. The van der Waals surface area contributed by atoms with E-state index in [1.165, 1.54) is 0 Å². The van der Waals surface area contributed by atoms with Gasteiger partial charge in [-0.1, -0.05) is 13.8 Å². The molecule has 5 rings (SSSR count).